The van der Waals surface area contributed by atoms with Crippen LogP contribution in [0.25, 0.3) is 10.9 Å². The molecule has 2 amide bonds. The Bertz CT molecular complexity index is 906. The Hall–Kier alpha value is -2.30. The van der Waals surface area contributed by atoms with E-state index in [9.17, 15) is 9.59 Å². The second-order valence-electron chi connectivity index (χ2n) is 9.16. The highest BCUT2D eigenvalue weighted by Gasteiger charge is 2.40. The highest BCUT2D eigenvalue weighted by Crippen LogP contribution is 2.31. The minimum absolute atomic E-state index is 0.0236. The predicted octanol–water partition coefficient (Wildman–Crippen LogP) is 3.10. The van der Waals surface area contributed by atoms with Gasteiger partial charge in [-0.1, -0.05) is 11.6 Å². The van der Waals surface area contributed by atoms with Crippen LogP contribution in [0.15, 0.2) is 18.2 Å². The fourth-order valence-electron chi connectivity index (χ4n) is 4.52. The summed E-state index contributed by atoms with van der Waals surface area (Å²) < 4.78 is 0. The van der Waals surface area contributed by atoms with Gasteiger partial charge >= 0.3 is 0 Å². The fourth-order valence-corrected chi connectivity index (χ4v) is 4.52. The molecule has 2 unspecified atom stereocenters. The number of carbonyl (C=O) groups is 2. The van der Waals surface area contributed by atoms with Crippen molar-refractivity contribution in [3.63, 3.8) is 0 Å². The fraction of sp³-hybridized carbons (Fsp3) is 0.545. The number of carbonyl (C=O) groups excluding carboxylic acids is 2. The van der Waals surface area contributed by atoms with Crippen LogP contribution in [-0.4, -0.2) is 39.8 Å². The normalized spacial score (nSPS) is 23.0. The molecule has 2 N–H and O–H groups in total. The first-order valence-electron chi connectivity index (χ1n) is 9.93. The maximum absolute atomic E-state index is 12.8. The predicted molar refractivity (Wildman–Crippen MR) is 107 cm³/mol. The first kappa shape index (κ1) is 18.1. The minimum atomic E-state index is -0.233. The van der Waals surface area contributed by atoms with E-state index in [1.807, 2.05) is 25.7 Å². The van der Waals surface area contributed by atoms with Crippen molar-refractivity contribution in [3.8, 4) is 0 Å². The quantitative estimate of drug-likeness (QED) is 0.857. The standard InChI is InChI=1S/C22H29N3O2/c1-13-5-8-18-17(9-13)16-7-6-15(11-19(16)24-18)23-21(27)14-10-20(26)25(12-14)22(2,3)4/h5,8-9,14-15,24H,6-7,10-12H2,1-4H3,(H,23,27). The molecule has 144 valence electrons. The summed E-state index contributed by atoms with van der Waals surface area (Å²) in [6.07, 6.45) is 3.08. The average molecular weight is 367 g/mol. The van der Waals surface area contributed by atoms with E-state index in [0.717, 1.165) is 19.3 Å². The highest BCUT2D eigenvalue weighted by molar-refractivity contribution is 5.90. The van der Waals surface area contributed by atoms with Crippen molar-refractivity contribution in [1.82, 2.24) is 15.2 Å². The topological polar surface area (TPSA) is 65.2 Å². The molecule has 0 spiro atoms. The number of amides is 2. The van der Waals surface area contributed by atoms with Crippen molar-refractivity contribution in [2.45, 2.75) is 65.0 Å². The van der Waals surface area contributed by atoms with E-state index in [0.29, 0.717) is 13.0 Å². The molecule has 1 aliphatic carbocycles. The van der Waals surface area contributed by atoms with Crippen LogP contribution in [-0.2, 0) is 22.4 Å². The molecular weight excluding hydrogens is 338 g/mol. The van der Waals surface area contributed by atoms with Crippen molar-refractivity contribution in [2.75, 3.05) is 6.54 Å². The first-order chi connectivity index (χ1) is 12.7. The van der Waals surface area contributed by atoms with Gasteiger partial charge in [0.15, 0.2) is 0 Å². The van der Waals surface area contributed by atoms with Crippen molar-refractivity contribution in [1.29, 1.82) is 0 Å². The zero-order valence-corrected chi connectivity index (χ0v) is 16.7. The number of hydrogen-bond acceptors (Lipinski definition) is 2. The number of nitrogens with one attached hydrogen (secondary N) is 2. The molecule has 1 aromatic heterocycles. The summed E-state index contributed by atoms with van der Waals surface area (Å²) >= 11 is 0. The van der Waals surface area contributed by atoms with Gasteiger partial charge in [0.25, 0.3) is 0 Å². The molecule has 1 aliphatic heterocycles. The van der Waals surface area contributed by atoms with Crippen molar-refractivity contribution < 1.29 is 9.59 Å². The summed E-state index contributed by atoms with van der Waals surface area (Å²) in [6.45, 7) is 8.70. The van der Waals surface area contributed by atoms with Crippen LogP contribution in [0, 0.1) is 12.8 Å². The number of hydrogen-bond donors (Lipinski definition) is 2. The minimum Gasteiger partial charge on any atom is -0.358 e. The van der Waals surface area contributed by atoms with E-state index in [-0.39, 0.29) is 29.3 Å². The zero-order valence-electron chi connectivity index (χ0n) is 16.7. The zero-order chi connectivity index (χ0) is 19.3. The number of benzene rings is 1. The maximum atomic E-state index is 12.8. The summed E-state index contributed by atoms with van der Waals surface area (Å²) in [5.74, 6) is -0.126. The third kappa shape index (κ3) is 3.35. The van der Waals surface area contributed by atoms with Crippen LogP contribution < -0.4 is 5.32 Å². The third-order valence-electron chi connectivity index (χ3n) is 6.00. The van der Waals surface area contributed by atoms with E-state index >= 15 is 0 Å². The van der Waals surface area contributed by atoms with E-state index in [1.54, 1.807) is 0 Å². The second kappa shape index (κ2) is 6.39. The van der Waals surface area contributed by atoms with Gasteiger partial charge < -0.3 is 15.2 Å². The Morgan fingerprint density at radius 1 is 1.26 bits per heavy atom. The molecule has 5 heteroatoms. The number of rotatable bonds is 2. The van der Waals surface area contributed by atoms with Gasteiger partial charge in [0.2, 0.25) is 11.8 Å². The molecule has 0 radical (unpaired) electrons. The smallest absolute Gasteiger partial charge is 0.225 e. The van der Waals surface area contributed by atoms with E-state index in [1.165, 1.54) is 27.7 Å². The SMILES string of the molecule is Cc1ccc2[nH]c3c(c2c1)CCC(NC(=O)C1CC(=O)N(C(C)(C)C)C1)C3. The Balaban J connectivity index is 1.44. The molecule has 4 rings (SSSR count). The largest absolute Gasteiger partial charge is 0.358 e. The second-order valence-corrected chi connectivity index (χ2v) is 9.16. The van der Waals surface area contributed by atoms with E-state index < -0.39 is 0 Å². The summed E-state index contributed by atoms with van der Waals surface area (Å²) in [5, 5.41) is 4.53. The number of H-pyrrole nitrogens is 1. The van der Waals surface area contributed by atoms with E-state index in [4.69, 9.17) is 0 Å². The van der Waals surface area contributed by atoms with Gasteiger partial charge in [-0.05, 0) is 58.2 Å². The summed E-state index contributed by atoms with van der Waals surface area (Å²) in [7, 11) is 0. The molecule has 2 aliphatic rings. The van der Waals surface area contributed by atoms with Crippen LogP contribution in [0.4, 0.5) is 0 Å². The van der Waals surface area contributed by atoms with Gasteiger partial charge in [0, 0.05) is 47.6 Å². The lowest BCUT2D eigenvalue weighted by Gasteiger charge is -2.32. The molecule has 2 heterocycles. The van der Waals surface area contributed by atoms with Gasteiger partial charge in [-0.15, -0.1) is 0 Å². The molecule has 2 atom stereocenters. The van der Waals surface area contributed by atoms with Crippen molar-refractivity contribution in [3.05, 3.63) is 35.0 Å². The number of aromatic amines is 1. The summed E-state index contributed by atoms with van der Waals surface area (Å²) in [4.78, 5) is 30.4. The molecule has 1 fully saturated rings. The van der Waals surface area contributed by atoms with Crippen LogP contribution in [0.2, 0.25) is 0 Å². The van der Waals surface area contributed by atoms with Crippen molar-refractivity contribution >= 4 is 22.7 Å². The molecule has 27 heavy (non-hydrogen) atoms. The van der Waals surface area contributed by atoms with Gasteiger partial charge in [-0.25, -0.2) is 0 Å². The van der Waals surface area contributed by atoms with Crippen LogP contribution in [0.5, 0.6) is 0 Å². The number of aryl methyl sites for hydroxylation is 2. The number of fused-ring (bicyclic) bond motifs is 3. The maximum Gasteiger partial charge on any atom is 0.225 e. The van der Waals surface area contributed by atoms with Gasteiger partial charge in [-0.3, -0.25) is 9.59 Å². The average Bonchev–Trinajstić information content (AvgIpc) is 3.14. The van der Waals surface area contributed by atoms with Gasteiger partial charge in [-0.2, -0.15) is 0 Å². The molecular formula is C22H29N3O2. The van der Waals surface area contributed by atoms with E-state index in [2.05, 4.69) is 35.4 Å². The lowest BCUT2D eigenvalue weighted by molar-refractivity contribution is -0.132. The number of likely N-dealkylation sites (tertiary alicyclic amines) is 1. The molecule has 2 aromatic rings. The lowest BCUT2D eigenvalue weighted by Crippen LogP contribution is -2.45. The molecule has 1 aromatic carbocycles. The highest BCUT2D eigenvalue weighted by atomic mass is 16.2. The van der Waals surface area contributed by atoms with Crippen LogP contribution in [0.1, 0.15) is 50.4 Å². The molecule has 0 saturated carbocycles. The Morgan fingerprint density at radius 2 is 2.04 bits per heavy atom. The van der Waals surface area contributed by atoms with Crippen LogP contribution >= 0.6 is 0 Å². The first-order valence-corrected chi connectivity index (χ1v) is 9.93. The number of nitrogens with zero attached hydrogens (tertiary/aromatic N) is 1. The van der Waals surface area contributed by atoms with Gasteiger partial charge in [0.1, 0.15) is 0 Å². The molecule has 5 nitrogen and oxygen atoms in total. The van der Waals surface area contributed by atoms with Crippen molar-refractivity contribution in [2.24, 2.45) is 5.92 Å². The Morgan fingerprint density at radius 3 is 2.74 bits per heavy atom. The number of aromatic nitrogens is 1. The lowest BCUT2D eigenvalue weighted by atomic mass is 9.91. The molecule has 1 saturated heterocycles. The summed E-state index contributed by atoms with van der Waals surface area (Å²) in [6, 6.07) is 6.65. The van der Waals surface area contributed by atoms with Gasteiger partial charge in [0.05, 0.1) is 5.92 Å². The third-order valence-corrected chi connectivity index (χ3v) is 6.00. The Labute approximate surface area is 160 Å². The summed E-state index contributed by atoms with van der Waals surface area (Å²) in [5.41, 5.74) is 4.86. The van der Waals surface area contributed by atoms with Crippen LogP contribution in [0.3, 0.4) is 0 Å². The molecule has 0 bridgehead atoms. The monoisotopic (exact) mass is 367 g/mol. The Kier molecular flexibility index (Phi) is 4.28.